The van der Waals surface area contributed by atoms with Crippen molar-refractivity contribution < 1.29 is 9.53 Å². The Kier molecular flexibility index (Phi) is 2.95. The number of primary amides is 1. The van der Waals surface area contributed by atoms with Crippen molar-refractivity contribution in [3.8, 4) is 5.75 Å². The van der Waals surface area contributed by atoms with Gasteiger partial charge in [0.1, 0.15) is 5.75 Å². The van der Waals surface area contributed by atoms with Crippen LogP contribution in [0.2, 0.25) is 0 Å². The molecule has 17 heavy (non-hydrogen) atoms. The molecule has 0 unspecified atom stereocenters. The maximum atomic E-state index is 10.9. The molecular weight excluding hydrogens is 216 g/mol. The van der Waals surface area contributed by atoms with E-state index in [9.17, 15) is 4.79 Å². The first-order valence-electron chi connectivity index (χ1n) is 5.32. The third-order valence-electron chi connectivity index (χ3n) is 2.63. The summed E-state index contributed by atoms with van der Waals surface area (Å²) in [7, 11) is 1.63. The predicted octanol–water partition coefficient (Wildman–Crippen LogP) is 1.58. The minimum atomic E-state index is -0.371. The molecule has 1 heterocycles. The Bertz CT molecular complexity index is 579. The number of hydrogen-bond donors (Lipinski definition) is 1. The Morgan fingerprint density at radius 1 is 1.41 bits per heavy atom. The summed E-state index contributed by atoms with van der Waals surface area (Å²) in [4.78, 5) is 15.3. The second-order valence-electron chi connectivity index (χ2n) is 3.96. The predicted molar refractivity (Wildman–Crippen MR) is 65.9 cm³/mol. The molecule has 2 rings (SSSR count). The molecule has 2 N–H and O–H groups in total. The van der Waals surface area contributed by atoms with Crippen molar-refractivity contribution in [2.45, 2.75) is 13.3 Å². The Morgan fingerprint density at radius 3 is 2.82 bits per heavy atom. The molecule has 1 aromatic carbocycles. The smallest absolute Gasteiger partial charge is 0.223 e. The van der Waals surface area contributed by atoms with Gasteiger partial charge in [-0.15, -0.1) is 0 Å². The number of pyridine rings is 1. The number of carbonyl (C=O) groups excluding carboxylic acids is 1. The van der Waals surface area contributed by atoms with Gasteiger partial charge < -0.3 is 10.5 Å². The highest BCUT2D eigenvalue weighted by atomic mass is 16.5. The molecular formula is C13H14N2O2. The first kappa shape index (κ1) is 11.4. The monoisotopic (exact) mass is 230 g/mol. The molecule has 0 saturated heterocycles. The number of nitrogens with zero attached hydrogens (tertiary/aromatic N) is 1. The number of amides is 1. The van der Waals surface area contributed by atoms with Crippen LogP contribution >= 0.6 is 0 Å². The average molecular weight is 230 g/mol. The lowest BCUT2D eigenvalue weighted by Gasteiger charge is -2.07. The van der Waals surface area contributed by atoms with E-state index in [1.165, 1.54) is 0 Å². The normalized spacial score (nSPS) is 10.5. The number of aryl methyl sites for hydroxylation is 1. The topological polar surface area (TPSA) is 65.2 Å². The summed E-state index contributed by atoms with van der Waals surface area (Å²) in [5, 5.41) is 1.03. The lowest BCUT2D eigenvalue weighted by atomic mass is 10.1. The van der Waals surface area contributed by atoms with E-state index in [1.807, 2.05) is 31.2 Å². The molecule has 0 radical (unpaired) electrons. The molecule has 0 aliphatic rings. The highest BCUT2D eigenvalue weighted by molar-refractivity contribution is 5.84. The molecule has 4 heteroatoms. The van der Waals surface area contributed by atoms with Crippen molar-refractivity contribution in [2.24, 2.45) is 5.73 Å². The Balaban J connectivity index is 2.55. The van der Waals surface area contributed by atoms with E-state index in [-0.39, 0.29) is 12.3 Å². The Labute approximate surface area is 99.4 Å². The second-order valence-corrected chi connectivity index (χ2v) is 3.96. The van der Waals surface area contributed by atoms with Crippen molar-refractivity contribution in [2.75, 3.05) is 7.11 Å². The first-order chi connectivity index (χ1) is 8.10. The lowest BCUT2D eigenvalue weighted by molar-refractivity contribution is -0.117. The number of ether oxygens (including phenoxy) is 1. The van der Waals surface area contributed by atoms with E-state index in [1.54, 1.807) is 7.11 Å². The summed E-state index contributed by atoms with van der Waals surface area (Å²) < 4.78 is 5.17. The second kappa shape index (κ2) is 4.41. The van der Waals surface area contributed by atoms with Crippen LogP contribution in [0.25, 0.3) is 10.9 Å². The molecule has 0 saturated carbocycles. The van der Waals surface area contributed by atoms with Crippen molar-refractivity contribution in [3.05, 3.63) is 35.5 Å². The number of rotatable bonds is 3. The molecule has 88 valence electrons. The number of nitrogens with two attached hydrogens (primary N) is 1. The van der Waals surface area contributed by atoms with E-state index >= 15 is 0 Å². The van der Waals surface area contributed by atoms with Crippen molar-refractivity contribution in [1.29, 1.82) is 0 Å². The Morgan fingerprint density at radius 2 is 2.18 bits per heavy atom. The molecule has 0 bridgehead atoms. The van der Waals surface area contributed by atoms with Gasteiger partial charge in [-0.2, -0.15) is 0 Å². The van der Waals surface area contributed by atoms with Gasteiger partial charge in [-0.25, -0.2) is 0 Å². The molecule has 0 fully saturated rings. The van der Waals surface area contributed by atoms with Crippen LogP contribution in [0.3, 0.4) is 0 Å². The van der Waals surface area contributed by atoms with Crippen LogP contribution in [0.4, 0.5) is 0 Å². The van der Waals surface area contributed by atoms with Crippen molar-refractivity contribution in [3.63, 3.8) is 0 Å². The van der Waals surface area contributed by atoms with E-state index < -0.39 is 0 Å². The fraction of sp³-hybridized carbons (Fsp3) is 0.231. The van der Waals surface area contributed by atoms with Crippen LogP contribution in [0, 0.1) is 6.92 Å². The zero-order valence-electron chi connectivity index (χ0n) is 9.86. The van der Waals surface area contributed by atoms with Crippen LogP contribution < -0.4 is 10.5 Å². The van der Waals surface area contributed by atoms with Gasteiger partial charge in [-0.1, -0.05) is 0 Å². The summed E-state index contributed by atoms with van der Waals surface area (Å²) in [6.45, 7) is 1.98. The van der Waals surface area contributed by atoms with Gasteiger partial charge in [0.05, 0.1) is 24.7 Å². The molecule has 1 aromatic heterocycles. The number of aromatic nitrogens is 1. The quantitative estimate of drug-likeness (QED) is 0.870. The van der Waals surface area contributed by atoms with E-state index in [0.717, 1.165) is 22.2 Å². The van der Waals surface area contributed by atoms with E-state index in [2.05, 4.69) is 4.98 Å². The zero-order valence-corrected chi connectivity index (χ0v) is 9.86. The van der Waals surface area contributed by atoms with Gasteiger partial charge >= 0.3 is 0 Å². The largest absolute Gasteiger partial charge is 0.497 e. The minimum Gasteiger partial charge on any atom is -0.497 e. The molecule has 0 aliphatic heterocycles. The van der Waals surface area contributed by atoms with Crippen LogP contribution in [-0.4, -0.2) is 18.0 Å². The SMILES string of the molecule is COc1ccc2nc(CC(N)=O)cc(C)c2c1. The fourth-order valence-electron chi connectivity index (χ4n) is 1.84. The highest BCUT2D eigenvalue weighted by Crippen LogP contribution is 2.23. The average Bonchev–Trinajstić information content (AvgIpc) is 2.28. The molecule has 1 amide bonds. The standard InChI is InChI=1S/C13H14N2O2/c1-8-5-9(6-13(14)16)15-12-4-3-10(17-2)7-11(8)12/h3-5,7H,6H2,1-2H3,(H2,14,16). The number of carbonyl (C=O) groups is 1. The van der Waals surface area contributed by atoms with Gasteiger partial charge in [0.25, 0.3) is 0 Å². The van der Waals surface area contributed by atoms with Gasteiger partial charge in [-0.05, 0) is 36.8 Å². The summed E-state index contributed by atoms with van der Waals surface area (Å²) in [6, 6.07) is 7.55. The van der Waals surface area contributed by atoms with E-state index in [0.29, 0.717) is 5.69 Å². The number of hydrogen-bond acceptors (Lipinski definition) is 3. The zero-order chi connectivity index (χ0) is 12.4. The first-order valence-corrected chi connectivity index (χ1v) is 5.32. The number of methoxy groups -OCH3 is 1. The molecule has 0 spiro atoms. The van der Waals surface area contributed by atoms with Crippen LogP contribution in [-0.2, 0) is 11.2 Å². The van der Waals surface area contributed by atoms with E-state index in [4.69, 9.17) is 10.5 Å². The molecule has 2 aromatic rings. The number of fused-ring (bicyclic) bond motifs is 1. The van der Waals surface area contributed by atoms with Gasteiger partial charge in [0.15, 0.2) is 0 Å². The maximum Gasteiger partial charge on any atom is 0.223 e. The minimum absolute atomic E-state index is 0.169. The molecule has 0 atom stereocenters. The molecule has 0 aliphatic carbocycles. The van der Waals surface area contributed by atoms with Gasteiger partial charge in [0, 0.05) is 5.39 Å². The Hall–Kier alpha value is -2.10. The number of benzene rings is 1. The third kappa shape index (κ3) is 2.36. The summed E-state index contributed by atoms with van der Waals surface area (Å²) in [6.07, 6.45) is 0.169. The van der Waals surface area contributed by atoms with Crippen molar-refractivity contribution >= 4 is 16.8 Å². The maximum absolute atomic E-state index is 10.9. The van der Waals surface area contributed by atoms with Gasteiger partial charge in [0.2, 0.25) is 5.91 Å². The summed E-state index contributed by atoms with van der Waals surface area (Å²) in [5.41, 5.74) is 7.78. The summed E-state index contributed by atoms with van der Waals surface area (Å²) in [5.74, 6) is 0.426. The van der Waals surface area contributed by atoms with Crippen LogP contribution in [0.5, 0.6) is 5.75 Å². The lowest BCUT2D eigenvalue weighted by Crippen LogP contribution is -2.14. The fourth-order valence-corrected chi connectivity index (χ4v) is 1.84. The van der Waals surface area contributed by atoms with Crippen LogP contribution in [0.15, 0.2) is 24.3 Å². The molecule has 4 nitrogen and oxygen atoms in total. The van der Waals surface area contributed by atoms with Crippen molar-refractivity contribution in [1.82, 2.24) is 4.98 Å². The van der Waals surface area contributed by atoms with Crippen LogP contribution in [0.1, 0.15) is 11.3 Å². The third-order valence-corrected chi connectivity index (χ3v) is 2.63. The van der Waals surface area contributed by atoms with Gasteiger partial charge in [-0.3, -0.25) is 9.78 Å². The highest BCUT2D eigenvalue weighted by Gasteiger charge is 2.06. The summed E-state index contributed by atoms with van der Waals surface area (Å²) >= 11 is 0.